The molecule has 1 N–H and O–H groups in total. The van der Waals surface area contributed by atoms with Crippen molar-refractivity contribution in [1.82, 2.24) is 20.1 Å². The Bertz CT molecular complexity index is 918. The average molecular weight is 413 g/mol. The summed E-state index contributed by atoms with van der Waals surface area (Å²) in [5, 5.41) is 4.11. The molecule has 1 fully saturated rings. The molecule has 29 heavy (non-hydrogen) atoms. The zero-order chi connectivity index (χ0) is 20.1. The molecule has 0 unspecified atom stereocenters. The Balaban J connectivity index is 1.16. The van der Waals surface area contributed by atoms with E-state index in [1.54, 1.807) is 23.5 Å². The van der Waals surface area contributed by atoms with Gasteiger partial charge in [0, 0.05) is 32.7 Å². The van der Waals surface area contributed by atoms with Gasteiger partial charge in [0.05, 0.1) is 23.3 Å². The Morgan fingerprint density at radius 2 is 1.76 bits per heavy atom. The van der Waals surface area contributed by atoms with Crippen molar-refractivity contribution >= 4 is 27.5 Å². The van der Waals surface area contributed by atoms with Crippen LogP contribution in [0.1, 0.15) is 10.6 Å². The van der Waals surface area contributed by atoms with Gasteiger partial charge >= 0.3 is 0 Å². The molecule has 0 atom stereocenters. The quantitative estimate of drug-likeness (QED) is 0.648. The van der Waals surface area contributed by atoms with Crippen LogP contribution in [-0.2, 0) is 17.8 Å². The number of hydrogen-bond donors (Lipinski definition) is 1. The molecule has 0 aliphatic carbocycles. The number of aromatic nitrogens is 1. The number of nitrogens with zero attached hydrogens (tertiary/aromatic N) is 3. The molecule has 0 saturated carbocycles. The SMILES string of the molecule is O=C(CN1CCN(Cc2nc3ccccc3s2)CC1)NCCc1ccc(F)cc1. The van der Waals surface area contributed by atoms with E-state index in [-0.39, 0.29) is 11.7 Å². The highest BCUT2D eigenvalue weighted by molar-refractivity contribution is 7.18. The molecule has 0 spiro atoms. The molecule has 152 valence electrons. The second-order valence-corrected chi connectivity index (χ2v) is 8.47. The van der Waals surface area contributed by atoms with Crippen LogP contribution in [0.4, 0.5) is 4.39 Å². The van der Waals surface area contributed by atoms with E-state index in [1.807, 2.05) is 12.1 Å². The maximum atomic E-state index is 12.9. The van der Waals surface area contributed by atoms with Crippen molar-refractivity contribution in [2.24, 2.45) is 0 Å². The van der Waals surface area contributed by atoms with Gasteiger partial charge in [-0.2, -0.15) is 0 Å². The first-order valence-corrected chi connectivity index (χ1v) is 10.8. The molecule has 1 aliphatic rings. The van der Waals surface area contributed by atoms with Crippen molar-refractivity contribution in [2.45, 2.75) is 13.0 Å². The second kappa shape index (κ2) is 9.43. The van der Waals surface area contributed by atoms with E-state index >= 15 is 0 Å². The molecule has 3 aromatic rings. The minimum atomic E-state index is -0.236. The monoisotopic (exact) mass is 412 g/mol. The predicted octanol–water partition coefficient (Wildman–Crippen LogP) is 2.91. The summed E-state index contributed by atoms with van der Waals surface area (Å²) in [5.41, 5.74) is 2.10. The summed E-state index contributed by atoms with van der Waals surface area (Å²) >= 11 is 1.76. The Kier molecular flexibility index (Phi) is 6.49. The molecular weight excluding hydrogens is 387 g/mol. The molecule has 4 rings (SSSR count). The maximum Gasteiger partial charge on any atom is 0.234 e. The highest BCUT2D eigenvalue weighted by Crippen LogP contribution is 2.22. The topological polar surface area (TPSA) is 48.5 Å². The van der Waals surface area contributed by atoms with Crippen LogP contribution < -0.4 is 5.32 Å². The van der Waals surface area contributed by atoms with Crippen molar-refractivity contribution in [3.05, 3.63) is 64.9 Å². The third-order valence-corrected chi connectivity index (χ3v) is 6.20. The minimum absolute atomic E-state index is 0.0479. The van der Waals surface area contributed by atoms with Gasteiger partial charge in [0.25, 0.3) is 0 Å². The first-order chi connectivity index (χ1) is 14.2. The molecular formula is C22H25FN4OS. The maximum absolute atomic E-state index is 12.9. The molecule has 0 radical (unpaired) electrons. The molecule has 1 amide bonds. The Morgan fingerprint density at radius 1 is 1.03 bits per heavy atom. The van der Waals surface area contributed by atoms with Gasteiger partial charge in [-0.05, 0) is 36.2 Å². The highest BCUT2D eigenvalue weighted by atomic mass is 32.1. The lowest BCUT2D eigenvalue weighted by Crippen LogP contribution is -2.49. The van der Waals surface area contributed by atoms with Crippen molar-refractivity contribution in [1.29, 1.82) is 0 Å². The molecule has 2 heterocycles. The molecule has 7 heteroatoms. The summed E-state index contributed by atoms with van der Waals surface area (Å²) in [6.45, 7) is 5.53. The number of halogens is 1. The van der Waals surface area contributed by atoms with E-state index in [0.29, 0.717) is 19.5 Å². The molecule has 1 aliphatic heterocycles. The first-order valence-electron chi connectivity index (χ1n) is 9.96. The van der Waals surface area contributed by atoms with E-state index < -0.39 is 0 Å². The van der Waals surface area contributed by atoms with Crippen molar-refractivity contribution < 1.29 is 9.18 Å². The Morgan fingerprint density at radius 3 is 2.52 bits per heavy atom. The highest BCUT2D eigenvalue weighted by Gasteiger charge is 2.20. The van der Waals surface area contributed by atoms with Crippen molar-refractivity contribution in [3.8, 4) is 0 Å². The van der Waals surface area contributed by atoms with E-state index in [0.717, 1.165) is 48.8 Å². The number of thiazole rings is 1. The van der Waals surface area contributed by atoms with Gasteiger partial charge in [0.1, 0.15) is 10.8 Å². The lowest BCUT2D eigenvalue weighted by Gasteiger charge is -2.33. The number of benzene rings is 2. The predicted molar refractivity (Wildman–Crippen MR) is 114 cm³/mol. The average Bonchev–Trinajstić information content (AvgIpc) is 3.13. The zero-order valence-electron chi connectivity index (χ0n) is 16.3. The number of hydrogen-bond acceptors (Lipinski definition) is 5. The van der Waals surface area contributed by atoms with Crippen molar-refractivity contribution in [3.63, 3.8) is 0 Å². The molecule has 2 aromatic carbocycles. The van der Waals surface area contributed by atoms with E-state index in [4.69, 9.17) is 4.98 Å². The number of amides is 1. The number of carbonyl (C=O) groups is 1. The van der Waals surface area contributed by atoms with Crippen LogP contribution in [0.15, 0.2) is 48.5 Å². The minimum Gasteiger partial charge on any atom is -0.355 e. The molecule has 5 nitrogen and oxygen atoms in total. The zero-order valence-corrected chi connectivity index (χ0v) is 17.1. The number of carbonyl (C=O) groups excluding carboxylic acids is 1. The largest absolute Gasteiger partial charge is 0.355 e. The van der Waals surface area contributed by atoms with Crippen LogP contribution in [0, 0.1) is 5.82 Å². The molecule has 1 aromatic heterocycles. The van der Waals surface area contributed by atoms with Crippen LogP contribution in [0.25, 0.3) is 10.2 Å². The second-order valence-electron chi connectivity index (χ2n) is 7.35. The number of fused-ring (bicyclic) bond motifs is 1. The normalized spacial score (nSPS) is 15.6. The fourth-order valence-electron chi connectivity index (χ4n) is 3.54. The van der Waals surface area contributed by atoms with Crippen molar-refractivity contribution in [2.75, 3.05) is 39.3 Å². The Labute approximate surface area is 174 Å². The van der Waals surface area contributed by atoms with Gasteiger partial charge in [0.2, 0.25) is 5.91 Å². The first kappa shape index (κ1) is 19.9. The van der Waals surface area contributed by atoms with Gasteiger partial charge < -0.3 is 5.32 Å². The van der Waals surface area contributed by atoms with Crippen LogP contribution in [0.2, 0.25) is 0 Å². The smallest absolute Gasteiger partial charge is 0.234 e. The summed E-state index contributed by atoms with van der Waals surface area (Å²) in [4.78, 5) is 21.5. The summed E-state index contributed by atoms with van der Waals surface area (Å²) in [6.07, 6.45) is 0.710. The van der Waals surface area contributed by atoms with Crippen LogP contribution in [-0.4, -0.2) is 60.0 Å². The third-order valence-electron chi connectivity index (χ3n) is 5.18. The van der Waals surface area contributed by atoms with Gasteiger partial charge in [-0.15, -0.1) is 11.3 Å². The number of para-hydroxylation sites is 1. The number of nitrogens with one attached hydrogen (secondary N) is 1. The number of rotatable bonds is 7. The van der Waals surface area contributed by atoms with E-state index in [2.05, 4.69) is 27.2 Å². The summed E-state index contributed by atoms with van der Waals surface area (Å²) in [5.74, 6) is -0.188. The van der Waals surface area contributed by atoms with E-state index in [9.17, 15) is 9.18 Å². The summed E-state index contributed by atoms with van der Waals surface area (Å²) < 4.78 is 14.1. The summed E-state index contributed by atoms with van der Waals surface area (Å²) in [6, 6.07) is 14.7. The fourth-order valence-corrected chi connectivity index (χ4v) is 4.55. The van der Waals surface area contributed by atoms with E-state index in [1.165, 1.54) is 16.8 Å². The molecule has 1 saturated heterocycles. The van der Waals surface area contributed by atoms with Gasteiger partial charge in [0.15, 0.2) is 0 Å². The van der Waals surface area contributed by atoms with Gasteiger partial charge in [-0.25, -0.2) is 9.37 Å². The standard InChI is InChI=1S/C22H25FN4OS/c23-18-7-5-17(6-8-18)9-10-24-21(28)15-26-11-13-27(14-12-26)16-22-25-19-3-1-2-4-20(19)29-22/h1-8H,9-16H2,(H,24,28). The number of piperazine rings is 1. The summed E-state index contributed by atoms with van der Waals surface area (Å²) in [7, 11) is 0. The molecule has 0 bridgehead atoms. The fraction of sp³-hybridized carbons (Fsp3) is 0.364. The third kappa shape index (κ3) is 5.59. The van der Waals surface area contributed by atoms with Gasteiger partial charge in [-0.3, -0.25) is 14.6 Å². The lowest BCUT2D eigenvalue weighted by molar-refractivity contribution is -0.122. The van der Waals surface area contributed by atoms with Gasteiger partial charge in [-0.1, -0.05) is 24.3 Å². The lowest BCUT2D eigenvalue weighted by atomic mass is 10.1. The van der Waals surface area contributed by atoms with Crippen LogP contribution in [0.5, 0.6) is 0 Å². The van der Waals surface area contributed by atoms with Crippen LogP contribution in [0.3, 0.4) is 0 Å². The van der Waals surface area contributed by atoms with Crippen LogP contribution >= 0.6 is 11.3 Å². The Hall–Kier alpha value is -2.35.